The van der Waals surface area contributed by atoms with Gasteiger partial charge in [0.05, 0.1) is 10.2 Å². The fourth-order valence-corrected chi connectivity index (χ4v) is 7.04. The molecule has 0 spiro atoms. The number of hydrogen-bond donors (Lipinski definition) is 1. The molecule has 0 fully saturated rings. The molecule has 0 amide bonds. The lowest BCUT2D eigenvalue weighted by molar-refractivity contribution is -0.117. The minimum Gasteiger partial charge on any atom is -0.490 e. The van der Waals surface area contributed by atoms with Crippen molar-refractivity contribution < 1.29 is 19.1 Å². The van der Waals surface area contributed by atoms with Crippen molar-refractivity contribution >= 4 is 44.9 Å². The summed E-state index contributed by atoms with van der Waals surface area (Å²) in [5, 5.41) is 5.87. The number of allylic oxidation sites excluding steroid dienone is 4. The number of ether oxygens (including phenoxy) is 2. The van der Waals surface area contributed by atoms with Crippen LogP contribution in [0.2, 0.25) is 0 Å². The zero-order chi connectivity index (χ0) is 27.1. The van der Waals surface area contributed by atoms with Gasteiger partial charge < -0.3 is 14.8 Å². The lowest BCUT2D eigenvalue weighted by Gasteiger charge is -2.37. The van der Waals surface area contributed by atoms with E-state index < -0.39 is 0 Å². The van der Waals surface area contributed by atoms with Crippen LogP contribution in [0.5, 0.6) is 11.5 Å². The molecule has 0 atom stereocenters. The molecule has 3 aliphatic rings. The average Bonchev–Trinajstić information content (AvgIpc) is 2.93. The summed E-state index contributed by atoms with van der Waals surface area (Å²) in [6.45, 7) is 4.96. The van der Waals surface area contributed by atoms with Gasteiger partial charge in [0.2, 0.25) is 0 Å². The number of nitrogens with one attached hydrogen (secondary N) is 1. The number of carbonyl (C=O) groups excluding carboxylic acids is 2. The first-order valence-corrected chi connectivity index (χ1v) is 14.9. The number of ketones is 2. The maximum absolute atomic E-state index is 13.3. The Hall–Kier alpha value is -3.13. The van der Waals surface area contributed by atoms with Crippen LogP contribution in [0.3, 0.4) is 0 Å². The van der Waals surface area contributed by atoms with Gasteiger partial charge in [0.15, 0.2) is 23.1 Å². The molecule has 6 rings (SSSR count). The van der Waals surface area contributed by atoms with E-state index in [0.29, 0.717) is 37.6 Å². The highest BCUT2D eigenvalue weighted by atomic mass is 127. The second-order valence-electron chi connectivity index (χ2n) is 10.5. The van der Waals surface area contributed by atoms with E-state index in [9.17, 15) is 9.59 Å². The molecule has 1 heterocycles. The van der Waals surface area contributed by atoms with Crippen LogP contribution in [0.25, 0.3) is 10.8 Å². The van der Waals surface area contributed by atoms with Crippen molar-refractivity contribution in [3.8, 4) is 11.5 Å². The van der Waals surface area contributed by atoms with Crippen molar-refractivity contribution in [1.82, 2.24) is 5.32 Å². The maximum Gasteiger partial charge on any atom is 0.174 e. The standard InChI is InChI=1S/C33H32INO4/c1-3-38-29-17-21(30-31-25(10-6-12-27(31)36)35-26-11-7-13-28(37)32(26)30)16-24(34)33(29)39-18-23-19(2)14-15-20-8-4-5-9-22(20)23/h4-5,8-9,14-17,30,35H,3,6-7,10-13,18H2,1-2H3. The van der Waals surface area contributed by atoms with Crippen molar-refractivity contribution in [2.24, 2.45) is 0 Å². The molecule has 1 aliphatic heterocycles. The molecule has 0 radical (unpaired) electrons. The molecule has 1 N–H and O–H groups in total. The number of halogens is 1. The SMILES string of the molecule is CCOc1cc(C2C3=C(CCCC3=O)NC3=C2C(=O)CCC3)cc(I)c1OCc1c(C)ccc2ccccc12. The highest BCUT2D eigenvalue weighted by Gasteiger charge is 2.40. The van der Waals surface area contributed by atoms with E-state index in [1.165, 1.54) is 16.3 Å². The van der Waals surface area contributed by atoms with Crippen LogP contribution < -0.4 is 14.8 Å². The minimum absolute atomic E-state index is 0.137. The second-order valence-corrected chi connectivity index (χ2v) is 11.7. The maximum atomic E-state index is 13.3. The smallest absolute Gasteiger partial charge is 0.174 e. The molecule has 0 saturated carbocycles. The van der Waals surface area contributed by atoms with Gasteiger partial charge in [-0.2, -0.15) is 0 Å². The molecule has 0 bridgehead atoms. The monoisotopic (exact) mass is 633 g/mol. The number of Topliss-reactive ketones (excluding diaryl/α,β-unsaturated/α-hetero) is 2. The minimum atomic E-state index is -0.362. The van der Waals surface area contributed by atoms with Gasteiger partial charge in [0.25, 0.3) is 0 Å². The summed E-state index contributed by atoms with van der Waals surface area (Å²) in [5.74, 6) is 1.25. The molecule has 3 aromatic rings. The van der Waals surface area contributed by atoms with E-state index >= 15 is 0 Å². The highest BCUT2D eigenvalue weighted by Crippen LogP contribution is 2.47. The summed E-state index contributed by atoms with van der Waals surface area (Å²) in [7, 11) is 0. The number of rotatable bonds is 6. The lowest BCUT2D eigenvalue weighted by atomic mass is 9.71. The van der Waals surface area contributed by atoms with Crippen LogP contribution in [-0.2, 0) is 16.2 Å². The van der Waals surface area contributed by atoms with E-state index in [4.69, 9.17) is 9.47 Å². The van der Waals surface area contributed by atoms with Gasteiger partial charge in [0.1, 0.15) is 6.61 Å². The Balaban J connectivity index is 1.42. The Kier molecular flexibility index (Phi) is 7.23. The molecule has 3 aromatic carbocycles. The van der Waals surface area contributed by atoms with Gasteiger partial charge >= 0.3 is 0 Å². The third kappa shape index (κ3) is 4.77. The van der Waals surface area contributed by atoms with E-state index in [1.54, 1.807) is 0 Å². The van der Waals surface area contributed by atoms with Gasteiger partial charge in [-0.15, -0.1) is 0 Å². The first-order chi connectivity index (χ1) is 19.0. The van der Waals surface area contributed by atoms with Gasteiger partial charge in [-0.3, -0.25) is 9.59 Å². The number of carbonyl (C=O) groups is 2. The number of aryl methyl sites for hydroxylation is 1. The Morgan fingerprint density at radius 3 is 2.28 bits per heavy atom. The van der Waals surface area contributed by atoms with Crippen molar-refractivity contribution in [2.45, 2.75) is 64.9 Å². The zero-order valence-corrected chi connectivity index (χ0v) is 24.5. The largest absolute Gasteiger partial charge is 0.490 e. The molecule has 0 aromatic heterocycles. The third-order valence-corrected chi connectivity index (χ3v) is 8.89. The second kappa shape index (κ2) is 10.8. The Morgan fingerprint density at radius 2 is 1.59 bits per heavy atom. The number of fused-ring (bicyclic) bond motifs is 1. The molecule has 39 heavy (non-hydrogen) atoms. The first-order valence-electron chi connectivity index (χ1n) is 13.8. The topological polar surface area (TPSA) is 64.6 Å². The summed E-state index contributed by atoms with van der Waals surface area (Å²) in [5.41, 5.74) is 6.75. The molecule has 5 nitrogen and oxygen atoms in total. The van der Waals surface area contributed by atoms with Gasteiger partial charge in [-0.1, -0.05) is 36.4 Å². The van der Waals surface area contributed by atoms with Gasteiger partial charge in [-0.05, 0) is 96.2 Å². The third-order valence-electron chi connectivity index (χ3n) is 8.09. The molecular weight excluding hydrogens is 601 g/mol. The Bertz CT molecular complexity index is 1530. The predicted molar refractivity (Wildman–Crippen MR) is 161 cm³/mol. The molecule has 200 valence electrons. The quantitative estimate of drug-likeness (QED) is 0.286. The van der Waals surface area contributed by atoms with Gasteiger partial charge in [0, 0.05) is 46.9 Å². The van der Waals surface area contributed by atoms with E-state index in [1.807, 2.05) is 19.1 Å². The molecular formula is C33H32INO4. The lowest BCUT2D eigenvalue weighted by Crippen LogP contribution is -2.36. The van der Waals surface area contributed by atoms with E-state index in [2.05, 4.69) is 71.2 Å². The fourth-order valence-electron chi connectivity index (χ4n) is 6.26. The number of hydrogen-bond acceptors (Lipinski definition) is 5. The van der Waals surface area contributed by atoms with Gasteiger partial charge in [-0.25, -0.2) is 0 Å². The van der Waals surface area contributed by atoms with Crippen LogP contribution in [-0.4, -0.2) is 18.2 Å². The number of dihydropyridines is 1. The molecule has 0 unspecified atom stereocenters. The van der Waals surface area contributed by atoms with Crippen LogP contribution >= 0.6 is 22.6 Å². The Labute approximate surface area is 242 Å². The first kappa shape index (κ1) is 26.1. The molecule has 2 aliphatic carbocycles. The predicted octanol–water partition coefficient (Wildman–Crippen LogP) is 7.43. The summed E-state index contributed by atoms with van der Waals surface area (Å²) in [6, 6.07) is 16.7. The number of benzene rings is 3. The highest BCUT2D eigenvalue weighted by molar-refractivity contribution is 14.1. The average molecular weight is 634 g/mol. The summed E-state index contributed by atoms with van der Waals surface area (Å²) < 4.78 is 13.5. The Morgan fingerprint density at radius 1 is 0.897 bits per heavy atom. The van der Waals surface area contributed by atoms with E-state index in [0.717, 1.165) is 62.9 Å². The summed E-state index contributed by atoms with van der Waals surface area (Å²) >= 11 is 2.30. The summed E-state index contributed by atoms with van der Waals surface area (Å²) in [4.78, 5) is 26.5. The van der Waals surface area contributed by atoms with E-state index in [-0.39, 0.29) is 17.5 Å². The van der Waals surface area contributed by atoms with Crippen LogP contribution in [0.15, 0.2) is 71.1 Å². The molecule has 6 heteroatoms. The van der Waals surface area contributed by atoms with Crippen molar-refractivity contribution in [3.63, 3.8) is 0 Å². The van der Waals surface area contributed by atoms with Crippen LogP contribution in [0, 0.1) is 10.5 Å². The molecule has 0 saturated heterocycles. The summed E-state index contributed by atoms with van der Waals surface area (Å²) in [6.07, 6.45) is 4.41. The normalized spacial score (nSPS) is 17.7. The van der Waals surface area contributed by atoms with Crippen LogP contribution in [0.4, 0.5) is 0 Å². The van der Waals surface area contributed by atoms with Crippen molar-refractivity contribution in [1.29, 1.82) is 0 Å². The van der Waals surface area contributed by atoms with Crippen LogP contribution in [0.1, 0.15) is 68.1 Å². The van der Waals surface area contributed by atoms with Crippen molar-refractivity contribution in [3.05, 3.63) is 91.3 Å². The fraction of sp³-hybridized carbons (Fsp3) is 0.333. The zero-order valence-electron chi connectivity index (χ0n) is 22.4. The van der Waals surface area contributed by atoms with Crippen molar-refractivity contribution in [2.75, 3.05) is 6.61 Å².